The summed E-state index contributed by atoms with van der Waals surface area (Å²) in [5.74, 6) is 0. The number of nitrogens with zero attached hydrogens (tertiary/aromatic N) is 2. The molecule has 2 atom stereocenters. The Morgan fingerprint density at radius 3 is 2.79 bits per heavy atom. The Labute approximate surface area is 118 Å². The third kappa shape index (κ3) is 3.35. The number of ether oxygens (including phenoxy) is 1. The highest BCUT2D eigenvalue weighted by Crippen LogP contribution is 2.26. The summed E-state index contributed by atoms with van der Waals surface area (Å²) in [5.41, 5.74) is 0.820. The Bertz CT molecular complexity index is 498. The molecule has 106 valence electrons. The van der Waals surface area contributed by atoms with E-state index in [1.165, 1.54) is 0 Å². The zero-order valence-electron chi connectivity index (χ0n) is 12.0. The van der Waals surface area contributed by atoms with Crippen molar-refractivity contribution in [2.24, 2.45) is 5.41 Å². The summed E-state index contributed by atoms with van der Waals surface area (Å²) < 4.78 is 7.70. The fourth-order valence-corrected chi connectivity index (χ4v) is 3.03. The van der Waals surface area contributed by atoms with Crippen LogP contribution >= 0.6 is 11.3 Å². The lowest BCUT2D eigenvalue weighted by atomic mass is 9.84. The molecule has 2 aromatic rings. The molecule has 2 rings (SSSR count). The van der Waals surface area contributed by atoms with Gasteiger partial charge in [-0.15, -0.1) is 11.3 Å². The van der Waals surface area contributed by atoms with E-state index in [4.69, 9.17) is 4.74 Å². The zero-order valence-corrected chi connectivity index (χ0v) is 12.8. The van der Waals surface area contributed by atoms with Crippen LogP contribution in [-0.4, -0.2) is 33.3 Å². The molecular weight excluding hydrogens is 260 g/mol. The number of thiazole rings is 1. The van der Waals surface area contributed by atoms with Gasteiger partial charge in [0.2, 0.25) is 0 Å². The molecule has 0 aliphatic rings. The molecule has 0 radical (unpaired) electrons. The first kappa shape index (κ1) is 14.5. The Hall–Kier alpha value is -0.910. The van der Waals surface area contributed by atoms with Crippen molar-refractivity contribution in [3.05, 3.63) is 23.5 Å². The van der Waals surface area contributed by atoms with E-state index < -0.39 is 6.10 Å². The third-order valence-corrected chi connectivity index (χ3v) is 3.88. The smallest absolute Gasteiger partial charge is 0.193 e. The van der Waals surface area contributed by atoms with Gasteiger partial charge in [-0.1, -0.05) is 20.8 Å². The van der Waals surface area contributed by atoms with Gasteiger partial charge in [0.25, 0.3) is 0 Å². The fourth-order valence-electron chi connectivity index (χ4n) is 2.31. The van der Waals surface area contributed by atoms with Gasteiger partial charge in [-0.25, -0.2) is 4.98 Å². The molecular formula is C14H22N2O2S. The van der Waals surface area contributed by atoms with E-state index in [0.717, 1.165) is 10.7 Å². The van der Waals surface area contributed by atoms with Crippen LogP contribution in [-0.2, 0) is 11.2 Å². The lowest BCUT2D eigenvalue weighted by molar-refractivity contribution is -0.0875. The van der Waals surface area contributed by atoms with Crippen molar-refractivity contribution < 1.29 is 9.84 Å². The van der Waals surface area contributed by atoms with Gasteiger partial charge in [0.1, 0.15) is 0 Å². The van der Waals surface area contributed by atoms with E-state index in [0.29, 0.717) is 13.0 Å². The SMILES string of the molecule is CCOC(C(O)Cc1cn2ccsc2n1)C(C)(C)C. The first-order chi connectivity index (χ1) is 8.91. The van der Waals surface area contributed by atoms with Crippen molar-refractivity contribution in [3.63, 3.8) is 0 Å². The molecule has 0 fully saturated rings. The van der Waals surface area contributed by atoms with Crippen molar-refractivity contribution in [1.82, 2.24) is 9.38 Å². The molecule has 1 N–H and O–H groups in total. The highest BCUT2D eigenvalue weighted by Gasteiger charge is 2.32. The van der Waals surface area contributed by atoms with Crippen LogP contribution in [0.2, 0.25) is 0 Å². The molecule has 0 bridgehead atoms. The molecule has 0 aliphatic heterocycles. The third-order valence-electron chi connectivity index (χ3n) is 3.11. The molecule has 2 unspecified atom stereocenters. The van der Waals surface area contributed by atoms with Gasteiger partial charge in [-0.05, 0) is 12.3 Å². The average Bonchev–Trinajstić information content (AvgIpc) is 2.84. The summed E-state index contributed by atoms with van der Waals surface area (Å²) in [6.07, 6.45) is 3.76. The lowest BCUT2D eigenvalue weighted by Crippen LogP contribution is -2.41. The molecule has 0 spiro atoms. The summed E-state index contributed by atoms with van der Waals surface area (Å²) in [6.45, 7) is 8.82. The second-order valence-electron chi connectivity index (χ2n) is 5.84. The van der Waals surface area contributed by atoms with Gasteiger partial charge >= 0.3 is 0 Å². The van der Waals surface area contributed by atoms with Crippen LogP contribution in [0.1, 0.15) is 33.4 Å². The number of aliphatic hydroxyl groups excluding tert-OH is 1. The zero-order chi connectivity index (χ0) is 14.0. The first-order valence-corrected chi connectivity index (χ1v) is 7.50. The molecule has 0 saturated carbocycles. The molecule has 0 aromatic carbocycles. The minimum atomic E-state index is -0.537. The van der Waals surface area contributed by atoms with Gasteiger partial charge in [0.15, 0.2) is 4.96 Å². The molecule has 2 heterocycles. The van der Waals surface area contributed by atoms with Gasteiger partial charge in [0.05, 0.1) is 17.9 Å². The van der Waals surface area contributed by atoms with Gasteiger partial charge in [0, 0.05) is 30.8 Å². The van der Waals surface area contributed by atoms with Crippen LogP contribution in [0.25, 0.3) is 4.96 Å². The number of rotatable bonds is 5. The van der Waals surface area contributed by atoms with E-state index in [2.05, 4.69) is 25.8 Å². The summed E-state index contributed by atoms with van der Waals surface area (Å²) in [7, 11) is 0. The van der Waals surface area contributed by atoms with E-state index in [9.17, 15) is 5.11 Å². The second kappa shape index (κ2) is 5.61. The quantitative estimate of drug-likeness (QED) is 0.917. The average molecular weight is 282 g/mol. The standard InChI is InChI=1S/C14H22N2O2S/c1-5-18-12(14(2,3)4)11(17)8-10-9-16-6-7-19-13(16)15-10/h6-7,9,11-12,17H,5,8H2,1-4H3. The summed E-state index contributed by atoms with van der Waals surface area (Å²) in [6, 6.07) is 0. The van der Waals surface area contributed by atoms with Crippen LogP contribution < -0.4 is 0 Å². The monoisotopic (exact) mass is 282 g/mol. The number of imidazole rings is 1. The van der Waals surface area contributed by atoms with Crippen molar-refractivity contribution in [2.45, 2.75) is 46.3 Å². The van der Waals surface area contributed by atoms with Crippen molar-refractivity contribution in [3.8, 4) is 0 Å². The molecule has 0 aliphatic carbocycles. The molecule has 5 heteroatoms. The van der Waals surface area contributed by atoms with Gasteiger partial charge in [-0.3, -0.25) is 4.40 Å². The molecule has 0 saturated heterocycles. The van der Waals surface area contributed by atoms with Crippen molar-refractivity contribution in [2.75, 3.05) is 6.61 Å². The number of fused-ring (bicyclic) bond motifs is 1. The highest BCUT2D eigenvalue weighted by atomic mass is 32.1. The van der Waals surface area contributed by atoms with E-state index in [-0.39, 0.29) is 11.5 Å². The predicted molar refractivity (Wildman–Crippen MR) is 77.6 cm³/mol. The number of hydrogen-bond donors (Lipinski definition) is 1. The normalized spacial score (nSPS) is 15.8. The topological polar surface area (TPSA) is 46.8 Å². The number of aliphatic hydroxyl groups is 1. The fraction of sp³-hybridized carbons (Fsp3) is 0.643. The van der Waals surface area contributed by atoms with E-state index in [1.54, 1.807) is 11.3 Å². The molecule has 4 nitrogen and oxygen atoms in total. The molecule has 2 aromatic heterocycles. The van der Waals surface area contributed by atoms with Gasteiger partial charge in [-0.2, -0.15) is 0 Å². The maximum atomic E-state index is 10.4. The summed E-state index contributed by atoms with van der Waals surface area (Å²) in [4.78, 5) is 5.47. The van der Waals surface area contributed by atoms with E-state index >= 15 is 0 Å². The predicted octanol–water partition coefficient (Wildman–Crippen LogP) is 2.75. The second-order valence-corrected chi connectivity index (χ2v) is 6.71. The van der Waals surface area contributed by atoms with Crippen LogP contribution in [0.3, 0.4) is 0 Å². The maximum Gasteiger partial charge on any atom is 0.193 e. The van der Waals surface area contributed by atoms with Crippen molar-refractivity contribution >= 4 is 16.3 Å². The Balaban J connectivity index is 2.10. The van der Waals surface area contributed by atoms with Crippen LogP contribution in [0.15, 0.2) is 17.8 Å². The Kier molecular flexibility index (Phi) is 4.28. The van der Waals surface area contributed by atoms with E-state index in [1.807, 2.05) is 29.1 Å². The Morgan fingerprint density at radius 2 is 2.21 bits per heavy atom. The Morgan fingerprint density at radius 1 is 1.47 bits per heavy atom. The van der Waals surface area contributed by atoms with Gasteiger partial charge < -0.3 is 9.84 Å². The highest BCUT2D eigenvalue weighted by molar-refractivity contribution is 7.15. The first-order valence-electron chi connectivity index (χ1n) is 6.62. The molecule has 19 heavy (non-hydrogen) atoms. The molecule has 0 amide bonds. The van der Waals surface area contributed by atoms with Crippen molar-refractivity contribution in [1.29, 1.82) is 0 Å². The van der Waals surface area contributed by atoms with Crippen LogP contribution in [0.4, 0.5) is 0 Å². The summed E-state index contributed by atoms with van der Waals surface area (Å²) >= 11 is 1.60. The summed E-state index contributed by atoms with van der Waals surface area (Å²) in [5, 5.41) is 12.4. The largest absolute Gasteiger partial charge is 0.390 e. The van der Waals surface area contributed by atoms with Crippen LogP contribution in [0, 0.1) is 5.41 Å². The lowest BCUT2D eigenvalue weighted by Gasteiger charge is -2.33. The minimum absolute atomic E-state index is 0.0907. The van der Waals surface area contributed by atoms with Crippen LogP contribution in [0.5, 0.6) is 0 Å². The maximum absolute atomic E-state index is 10.4. The number of aromatic nitrogens is 2. The minimum Gasteiger partial charge on any atom is -0.390 e. The number of hydrogen-bond acceptors (Lipinski definition) is 4.